The zero-order chi connectivity index (χ0) is 9.97. The van der Waals surface area contributed by atoms with Gasteiger partial charge in [-0.1, -0.05) is 0 Å². The molecule has 2 heterocycles. The first-order chi connectivity index (χ1) is 6.78. The minimum absolute atomic E-state index is 0.777. The van der Waals surface area contributed by atoms with Crippen molar-refractivity contribution in [2.75, 3.05) is 46.3 Å². The largest absolute Gasteiger partial charge is 0.330 e. The van der Waals surface area contributed by atoms with E-state index in [1.807, 2.05) is 0 Å². The second kappa shape index (κ2) is 4.60. The van der Waals surface area contributed by atoms with Gasteiger partial charge in [0.1, 0.15) is 0 Å². The minimum Gasteiger partial charge on any atom is -0.330 e. The molecule has 0 aromatic heterocycles. The lowest BCUT2D eigenvalue weighted by atomic mass is 9.97. The first-order valence-corrected chi connectivity index (χ1v) is 5.89. The van der Waals surface area contributed by atoms with Gasteiger partial charge in [-0.2, -0.15) is 0 Å². The summed E-state index contributed by atoms with van der Waals surface area (Å²) in [4.78, 5) is 4.99. The Morgan fingerprint density at radius 2 is 2.00 bits per heavy atom. The lowest BCUT2D eigenvalue weighted by Crippen LogP contribution is -2.44. The molecule has 2 aliphatic heterocycles. The lowest BCUT2D eigenvalue weighted by Gasteiger charge is -2.37. The van der Waals surface area contributed by atoms with Crippen LogP contribution in [-0.2, 0) is 0 Å². The fraction of sp³-hybridized carbons (Fsp3) is 1.00. The molecule has 0 radical (unpaired) electrons. The molecule has 0 bridgehead atoms. The third-order valence-electron chi connectivity index (χ3n) is 3.70. The Labute approximate surface area is 87.2 Å². The van der Waals surface area contributed by atoms with Gasteiger partial charge in [-0.15, -0.1) is 0 Å². The van der Waals surface area contributed by atoms with Crippen molar-refractivity contribution < 1.29 is 0 Å². The zero-order valence-corrected chi connectivity index (χ0v) is 9.28. The van der Waals surface area contributed by atoms with Gasteiger partial charge < -0.3 is 15.5 Å². The second-order valence-corrected chi connectivity index (χ2v) is 5.07. The van der Waals surface area contributed by atoms with Crippen molar-refractivity contribution in [2.24, 2.45) is 17.6 Å². The van der Waals surface area contributed by atoms with Gasteiger partial charge in [-0.05, 0) is 51.4 Å². The molecule has 2 saturated heterocycles. The standard InChI is InChI=1S/C11H23N3/c1-13-7-11(8-13)3-5-14-4-2-10(6-12)9-14/h10-11H,2-9,12H2,1H3. The van der Waals surface area contributed by atoms with Gasteiger partial charge in [-0.3, -0.25) is 0 Å². The van der Waals surface area contributed by atoms with Crippen molar-refractivity contribution in [3.05, 3.63) is 0 Å². The van der Waals surface area contributed by atoms with Crippen LogP contribution in [0.2, 0.25) is 0 Å². The summed E-state index contributed by atoms with van der Waals surface area (Å²) in [6.45, 7) is 7.34. The maximum absolute atomic E-state index is 5.67. The molecule has 3 heteroatoms. The number of hydrogen-bond acceptors (Lipinski definition) is 3. The smallest absolute Gasteiger partial charge is 0.00222 e. The topological polar surface area (TPSA) is 32.5 Å². The Hall–Kier alpha value is -0.120. The fourth-order valence-electron chi connectivity index (χ4n) is 2.68. The van der Waals surface area contributed by atoms with E-state index in [2.05, 4.69) is 16.8 Å². The third-order valence-corrected chi connectivity index (χ3v) is 3.70. The average molecular weight is 197 g/mol. The number of rotatable bonds is 4. The molecule has 14 heavy (non-hydrogen) atoms. The summed E-state index contributed by atoms with van der Waals surface area (Å²) in [5.41, 5.74) is 5.67. The molecule has 0 amide bonds. The highest BCUT2D eigenvalue weighted by Gasteiger charge is 2.25. The number of likely N-dealkylation sites (tertiary alicyclic amines) is 2. The minimum atomic E-state index is 0.777. The van der Waals surface area contributed by atoms with Crippen LogP contribution in [0.3, 0.4) is 0 Å². The van der Waals surface area contributed by atoms with Crippen molar-refractivity contribution in [3.63, 3.8) is 0 Å². The molecule has 1 unspecified atom stereocenters. The maximum Gasteiger partial charge on any atom is 0.00222 e. The predicted octanol–water partition coefficient (Wildman–Crippen LogP) is 0.219. The van der Waals surface area contributed by atoms with E-state index in [1.165, 1.54) is 45.6 Å². The van der Waals surface area contributed by atoms with E-state index in [0.29, 0.717) is 0 Å². The van der Waals surface area contributed by atoms with Crippen LogP contribution in [0.25, 0.3) is 0 Å². The Morgan fingerprint density at radius 3 is 2.57 bits per heavy atom. The molecule has 3 nitrogen and oxygen atoms in total. The van der Waals surface area contributed by atoms with Gasteiger partial charge in [0.05, 0.1) is 0 Å². The van der Waals surface area contributed by atoms with Gasteiger partial charge in [-0.25, -0.2) is 0 Å². The van der Waals surface area contributed by atoms with Crippen LogP contribution in [0.4, 0.5) is 0 Å². The van der Waals surface area contributed by atoms with Crippen LogP contribution in [0.1, 0.15) is 12.8 Å². The molecule has 0 aromatic rings. The van der Waals surface area contributed by atoms with E-state index in [1.54, 1.807) is 0 Å². The zero-order valence-electron chi connectivity index (χ0n) is 9.28. The number of nitrogens with two attached hydrogens (primary N) is 1. The summed E-state index contributed by atoms with van der Waals surface area (Å²) in [6, 6.07) is 0. The van der Waals surface area contributed by atoms with Crippen LogP contribution in [-0.4, -0.2) is 56.1 Å². The molecule has 0 spiro atoms. The van der Waals surface area contributed by atoms with Crippen molar-refractivity contribution in [1.29, 1.82) is 0 Å². The molecule has 2 aliphatic rings. The molecule has 0 aliphatic carbocycles. The van der Waals surface area contributed by atoms with Crippen LogP contribution < -0.4 is 5.73 Å². The van der Waals surface area contributed by atoms with Gasteiger partial charge in [0.2, 0.25) is 0 Å². The first-order valence-electron chi connectivity index (χ1n) is 5.89. The molecule has 2 N–H and O–H groups in total. The fourth-order valence-corrected chi connectivity index (χ4v) is 2.68. The Bertz CT molecular complexity index is 177. The molecule has 2 fully saturated rings. The van der Waals surface area contributed by atoms with E-state index < -0.39 is 0 Å². The van der Waals surface area contributed by atoms with Gasteiger partial charge >= 0.3 is 0 Å². The Balaban J connectivity index is 1.58. The maximum atomic E-state index is 5.67. The van der Waals surface area contributed by atoms with E-state index in [9.17, 15) is 0 Å². The average Bonchev–Trinajstić information content (AvgIpc) is 2.58. The lowest BCUT2D eigenvalue weighted by molar-refractivity contribution is 0.115. The summed E-state index contributed by atoms with van der Waals surface area (Å²) in [5, 5.41) is 0. The van der Waals surface area contributed by atoms with Crippen LogP contribution in [0.15, 0.2) is 0 Å². The Morgan fingerprint density at radius 1 is 1.21 bits per heavy atom. The van der Waals surface area contributed by atoms with Crippen molar-refractivity contribution in [3.8, 4) is 0 Å². The summed E-state index contributed by atoms with van der Waals surface area (Å²) in [7, 11) is 2.21. The SMILES string of the molecule is CN1CC(CCN2CCC(CN)C2)C1. The van der Waals surface area contributed by atoms with Crippen LogP contribution >= 0.6 is 0 Å². The molecule has 82 valence electrons. The quantitative estimate of drug-likeness (QED) is 0.700. The van der Waals surface area contributed by atoms with Crippen LogP contribution in [0, 0.1) is 11.8 Å². The van der Waals surface area contributed by atoms with Crippen molar-refractivity contribution >= 4 is 0 Å². The summed E-state index contributed by atoms with van der Waals surface area (Å²) in [5.74, 6) is 1.75. The highest BCUT2D eigenvalue weighted by molar-refractivity contribution is 4.80. The number of hydrogen-bond donors (Lipinski definition) is 1. The Kier molecular flexibility index (Phi) is 3.42. The highest BCUT2D eigenvalue weighted by Crippen LogP contribution is 2.20. The second-order valence-electron chi connectivity index (χ2n) is 5.07. The van der Waals surface area contributed by atoms with Gasteiger partial charge in [0.25, 0.3) is 0 Å². The molecule has 0 aromatic carbocycles. The molecular formula is C11H23N3. The molecule has 0 saturated carbocycles. The van der Waals surface area contributed by atoms with Gasteiger partial charge in [0.15, 0.2) is 0 Å². The van der Waals surface area contributed by atoms with Crippen molar-refractivity contribution in [2.45, 2.75) is 12.8 Å². The summed E-state index contributed by atoms with van der Waals surface area (Å²) < 4.78 is 0. The van der Waals surface area contributed by atoms with E-state index in [0.717, 1.165) is 18.4 Å². The highest BCUT2D eigenvalue weighted by atomic mass is 15.2. The summed E-state index contributed by atoms with van der Waals surface area (Å²) in [6.07, 6.45) is 2.71. The molecule has 2 rings (SSSR count). The molecular weight excluding hydrogens is 174 g/mol. The third kappa shape index (κ3) is 2.47. The monoisotopic (exact) mass is 197 g/mol. The normalized spacial score (nSPS) is 30.9. The number of nitrogens with zero attached hydrogens (tertiary/aromatic N) is 2. The predicted molar refractivity (Wildman–Crippen MR) is 59.2 cm³/mol. The van der Waals surface area contributed by atoms with E-state index in [-0.39, 0.29) is 0 Å². The molecule has 1 atom stereocenters. The summed E-state index contributed by atoms with van der Waals surface area (Å²) >= 11 is 0. The van der Waals surface area contributed by atoms with Crippen molar-refractivity contribution in [1.82, 2.24) is 9.80 Å². The van der Waals surface area contributed by atoms with Crippen LogP contribution in [0.5, 0.6) is 0 Å². The van der Waals surface area contributed by atoms with Gasteiger partial charge in [0, 0.05) is 19.6 Å². The van der Waals surface area contributed by atoms with E-state index in [4.69, 9.17) is 5.73 Å². The van der Waals surface area contributed by atoms with E-state index >= 15 is 0 Å². The first kappa shape index (κ1) is 10.4.